The monoisotopic (exact) mass is 955 g/mol. The number of rotatable bonds is 55. The van der Waals surface area contributed by atoms with Crippen molar-refractivity contribution in [1.29, 1.82) is 0 Å². The number of hydrogen-bond donors (Lipinski definition) is 0. The first-order valence-corrected chi connectivity index (χ1v) is 30.0. The third-order valence-electron chi connectivity index (χ3n) is 13.5. The van der Waals surface area contributed by atoms with Crippen LogP contribution in [0.5, 0.6) is 0 Å². The number of unbranched alkanes of at least 4 members (excludes halogenated alkanes) is 40. The van der Waals surface area contributed by atoms with Crippen molar-refractivity contribution in [2.75, 3.05) is 13.2 Å². The molecule has 6 nitrogen and oxygen atoms in total. The zero-order valence-electron chi connectivity index (χ0n) is 45.6. The van der Waals surface area contributed by atoms with Crippen LogP contribution in [0.3, 0.4) is 0 Å². The fraction of sp³-hybridized carbons (Fsp3) is 0.855. The summed E-state index contributed by atoms with van der Waals surface area (Å²) >= 11 is 0. The van der Waals surface area contributed by atoms with E-state index in [9.17, 15) is 14.4 Å². The lowest BCUT2D eigenvalue weighted by molar-refractivity contribution is -0.167. The number of hydrogen-bond acceptors (Lipinski definition) is 6. The summed E-state index contributed by atoms with van der Waals surface area (Å²) in [7, 11) is 0. The zero-order chi connectivity index (χ0) is 49.3. The van der Waals surface area contributed by atoms with E-state index in [4.69, 9.17) is 14.2 Å². The highest BCUT2D eigenvalue weighted by atomic mass is 16.6. The van der Waals surface area contributed by atoms with Crippen LogP contribution >= 0.6 is 0 Å². The molecule has 0 aromatic heterocycles. The van der Waals surface area contributed by atoms with Crippen molar-refractivity contribution in [1.82, 2.24) is 0 Å². The van der Waals surface area contributed by atoms with E-state index in [0.717, 1.165) is 83.5 Å². The highest BCUT2D eigenvalue weighted by molar-refractivity contribution is 5.71. The van der Waals surface area contributed by atoms with Gasteiger partial charge in [-0.3, -0.25) is 14.4 Å². The Hall–Kier alpha value is -2.37. The van der Waals surface area contributed by atoms with E-state index in [1.54, 1.807) is 0 Å². The maximum atomic E-state index is 12.9. The van der Waals surface area contributed by atoms with Crippen LogP contribution in [0.2, 0.25) is 0 Å². The van der Waals surface area contributed by atoms with E-state index >= 15 is 0 Å². The molecule has 0 rings (SSSR count). The van der Waals surface area contributed by atoms with Crippen LogP contribution in [-0.4, -0.2) is 37.2 Å². The van der Waals surface area contributed by atoms with Gasteiger partial charge in [-0.2, -0.15) is 0 Å². The Morgan fingerprint density at radius 3 is 0.882 bits per heavy atom. The molecule has 0 aromatic rings. The average molecular weight is 956 g/mol. The topological polar surface area (TPSA) is 78.9 Å². The molecule has 0 aliphatic carbocycles. The van der Waals surface area contributed by atoms with E-state index in [-0.39, 0.29) is 31.1 Å². The first kappa shape index (κ1) is 65.6. The molecular weight excluding hydrogens is 841 g/mol. The van der Waals surface area contributed by atoms with Crippen LogP contribution in [0.25, 0.3) is 0 Å². The second-order valence-electron chi connectivity index (χ2n) is 20.3. The van der Waals surface area contributed by atoms with Gasteiger partial charge in [-0.15, -0.1) is 0 Å². The molecular formula is C62H114O6. The van der Waals surface area contributed by atoms with Crippen LogP contribution in [-0.2, 0) is 28.6 Å². The molecule has 1 unspecified atom stereocenters. The van der Waals surface area contributed by atoms with Gasteiger partial charge in [0.15, 0.2) is 6.10 Å². The van der Waals surface area contributed by atoms with E-state index in [0.29, 0.717) is 19.3 Å². The van der Waals surface area contributed by atoms with Gasteiger partial charge >= 0.3 is 17.9 Å². The lowest BCUT2D eigenvalue weighted by atomic mass is 10.0. The first-order chi connectivity index (χ1) is 33.5. The van der Waals surface area contributed by atoms with Gasteiger partial charge in [0.25, 0.3) is 0 Å². The molecule has 0 N–H and O–H groups in total. The van der Waals surface area contributed by atoms with E-state index in [1.807, 2.05) is 0 Å². The maximum absolute atomic E-state index is 12.9. The Kier molecular flexibility index (Phi) is 55.2. The molecule has 6 heteroatoms. The first-order valence-electron chi connectivity index (χ1n) is 30.0. The number of esters is 3. The van der Waals surface area contributed by atoms with E-state index < -0.39 is 6.10 Å². The highest BCUT2D eigenvalue weighted by Gasteiger charge is 2.19. The molecule has 68 heavy (non-hydrogen) atoms. The van der Waals surface area contributed by atoms with Crippen LogP contribution in [0.1, 0.15) is 323 Å². The quantitative estimate of drug-likeness (QED) is 0.0262. The molecule has 0 amide bonds. The summed E-state index contributed by atoms with van der Waals surface area (Å²) in [4.78, 5) is 38.2. The van der Waals surface area contributed by atoms with Crippen molar-refractivity contribution < 1.29 is 28.6 Å². The van der Waals surface area contributed by atoms with Crippen LogP contribution < -0.4 is 0 Å². The van der Waals surface area contributed by atoms with Crippen molar-refractivity contribution in [2.45, 2.75) is 329 Å². The molecule has 0 fully saturated rings. The summed E-state index contributed by atoms with van der Waals surface area (Å²) < 4.78 is 16.9. The molecule has 0 heterocycles. The highest BCUT2D eigenvalue weighted by Crippen LogP contribution is 2.18. The molecule has 0 saturated carbocycles. The Balaban J connectivity index is 4.30. The molecule has 0 saturated heterocycles. The lowest BCUT2D eigenvalue weighted by Crippen LogP contribution is -2.30. The summed E-state index contributed by atoms with van der Waals surface area (Å²) in [5.74, 6) is -0.873. The van der Waals surface area contributed by atoms with Crippen LogP contribution in [0, 0.1) is 0 Å². The maximum Gasteiger partial charge on any atom is 0.306 e. The minimum atomic E-state index is -0.776. The van der Waals surface area contributed by atoms with Crippen molar-refractivity contribution in [2.24, 2.45) is 0 Å². The van der Waals surface area contributed by atoms with Crippen molar-refractivity contribution in [3.63, 3.8) is 0 Å². The van der Waals surface area contributed by atoms with E-state index in [2.05, 4.69) is 57.2 Å². The fourth-order valence-electron chi connectivity index (χ4n) is 8.98. The molecule has 0 radical (unpaired) electrons. The third kappa shape index (κ3) is 54.6. The van der Waals surface area contributed by atoms with Gasteiger partial charge in [0.2, 0.25) is 0 Å². The van der Waals surface area contributed by atoms with Crippen molar-refractivity contribution >= 4 is 17.9 Å². The van der Waals surface area contributed by atoms with E-state index in [1.165, 1.54) is 199 Å². The van der Waals surface area contributed by atoms with Gasteiger partial charge in [0.05, 0.1) is 0 Å². The third-order valence-corrected chi connectivity index (χ3v) is 13.5. The fourth-order valence-corrected chi connectivity index (χ4v) is 8.98. The summed E-state index contributed by atoms with van der Waals surface area (Å²) in [6, 6.07) is 0. The summed E-state index contributed by atoms with van der Waals surface area (Å²) in [6.07, 6.45) is 68.6. The molecule has 0 spiro atoms. The zero-order valence-corrected chi connectivity index (χ0v) is 45.6. The Morgan fingerprint density at radius 1 is 0.309 bits per heavy atom. The predicted octanol–water partition coefficient (Wildman–Crippen LogP) is 20.0. The van der Waals surface area contributed by atoms with Crippen molar-refractivity contribution in [3.8, 4) is 0 Å². The number of ether oxygens (including phenoxy) is 3. The van der Waals surface area contributed by atoms with Gasteiger partial charge in [0, 0.05) is 19.3 Å². The summed E-state index contributed by atoms with van der Waals surface area (Å²) in [5, 5.41) is 0. The molecule has 0 aliphatic heterocycles. The van der Waals surface area contributed by atoms with Crippen molar-refractivity contribution in [3.05, 3.63) is 36.5 Å². The Labute approximate surface area is 423 Å². The van der Waals surface area contributed by atoms with Gasteiger partial charge in [-0.05, 0) is 38.5 Å². The molecule has 0 bridgehead atoms. The largest absolute Gasteiger partial charge is 0.462 e. The standard InChI is InChI=1S/C62H114O6/c1-4-7-10-13-16-19-22-25-27-29-31-33-34-37-40-43-46-49-52-55-61(64)67-58-59(57-66-60(63)54-51-48-45-42-39-36-24-21-18-15-12-9-6-3)68-62(65)56-53-50-47-44-41-38-35-32-30-28-26-23-20-17-14-11-8-5-2/h9,12,15,18,21,24,59H,4-8,10-11,13-14,16-17,19-20,22-23,25-58H2,1-3H3/b12-9+,18-15+,24-21+. The Morgan fingerprint density at radius 2 is 0.574 bits per heavy atom. The minimum absolute atomic E-state index is 0.0736. The van der Waals surface area contributed by atoms with Gasteiger partial charge in [-0.1, -0.05) is 301 Å². The van der Waals surface area contributed by atoms with Gasteiger partial charge < -0.3 is 14.2 Å². The average Bonchev–Trinajstić information content (AvgIpc) is 3.34. The molecule has 0 aromatic carbocycles. The number of carbonyl (C=O) groups is 3. The van der Waals surface area contributed by atoms with Crippen LogP contribution in [0.4, 0.5) is 0 Å². The lowest BCUT2D eigenvalue weighted by Gasteiger charge is -2.18. The second-order valence-corrected chi connectivity index (χ2v) is 20.3. The smallest absolute Gasteiger partial charge is 0.306 e. The van der Waals surface area contributed by atoms with Gasteiger partial charge in [-0.25, -0.2) is 0 Å². The second kappa shape index (κ2) is 57.2. The molecule has 0 aliphatic rings. The normalized spacial score (nSPS) is 12.2. The summed E-state index contributed by atoms with van der Waals surface area (Å²) in [6.45, 7) is 6.55. The minimum Gasteiger partial charge on any atom is -0.462 e. The SMILES string of the molecule is CC/C=C/C=C/C=C/CCCCCCCC(=O)OCC(COC(=O)CCCCCCCCCCCCCCCCCCCCC)OC(=O)CCCCCCCCCCCCCCCCCCCC. The predicted molar refractivity (Wildman–Crippen MR) is 293 cm³/mol. The number of carbonyl (C=O) groups excluding carboxylic acids is 3. The Bertz CT molecular complexity index is 1140. The summed E-state index contributed by atoms with van der Waals surface area (Å²) in [5.41, 5.74) is 0. The molecule has 398 valence electrons. The van der Waals surface area contributed by atoms with Gasteiger partial charge in [0.1, 0.15) is 13.2 Å². The molecule has 1 atom stereocenters. The number of allylic oxidation sites excluding steroid dienone is 6. The van der Waals surface area contributed by atoms with Crippen LogP contribution in [0.15, 0.2) is 36.5 Å².